The van der Waals surface area contributed by atoms with E-state index in [4.69, 9.17) is 28.1 Å². The van der Waals surface area contributed by atoms with Crippen LogP contribution in [0.2, 0.25) is 19.6 Å². The molecule has 0 aromatic heterocycles. The van der Waals surface area contributed by atoms with E-state index in [1.165, 1.54) is 12.0 Å². The first-order valence-corrected chi connectivity index (χ1v) is 29.5. The molecule has 0 unspecified atom stereocenters. The van der Waals surface area contributed by atoms with Gasteiger partial charge in [-0.25, -0.2) is 4.79 Å². The van der Waals surface area contributed by atoms with Gasteiger partial charge in [0.05, 0.1) is 30.5 Å². The van der Waals surface area contributed by atoms with Crippen molar-refractivity contribution in [2.45, 2.75) is 206 Å². The summed E-state index contributed by atoms with van der Waals surface area (Å²) in [6.45, 7) is 19.5. The van der Waals surface area contributed by atoms with Gasteiger partial charge in [0.2, 0.25) is 5.79 Å². The Bertz CT molecular complexity index is 1890. The zero-order valence-corrected chi connectivity index (χ0v) is 45.8. The van der Waals surface area contributed by atoms with Crippen LogP contribution in [0.15, 0.2) is 47.6 Å². The number of hydrogen-bond acceptors (Lipinski definition) is 13. The molecular weight excluding hydrogens is 911 g/mol. The molecule has 396 valence electrons. The highest BCUT2D eigenvalue weighted by Gasteiger charge is 2.53. The summed E-state index contributed by atoms with van der Waals surface area (Å²) in [4.78, 5) is 73.1. The number of hydrogen-bond donors (Lipinski definition) is 2. The quantitative estimate of drug-likeness (QED) is 0.102. The van der Waals surface area contributed by atoms with Crippen LogP contribution in [-0.2, 0) is 52.1 Å². The maximum atomic E-state index is 14.5. The molecule has 4 aliphatic rings. The lowest BCUT2D eigenvalue weighted by atomic mass is 9.78. The number of ether oxygens (including phenoxy) is 5. The van der Waals surface area contributed by atoms with E-state index >= 15 is 0 Å². The minimum Gasteiger partial charge on any atom is -0.460 e. The summed E-state index contributed by atoms with van der Waals surface area (Å²) in [5, 5.41) is 22.6. The van der Waals surface area contributed by atoms with E-state index in [0.29, 0.717) is 63.4 Å². The predicted octanol–water partition coefficient (Wildman–Crippen LogP) is 8.43. The number of fused-ring (bicyclic) bond motifs is 3. The number of aliphatic hydroxyl groups is 2. The number of piperidine rings is 1. The van der Waals surface area contributed by atoms with Crippen LogP contribution in [0.25, 0.3) is 0 Å². The molecule has 2 saturated heterocycles. The normalized spacial score (nSPS) is 38.8. The Kier molecular flexibility index (Phi) is 23.1. The first-order valence-electron chi connectivity index (χ1n) is 26.1. The van der Waals surface area contributed by atoms with Crippen molar-refractivity contribution >= 4 is 37.5 Å². The molecule has 3 aliphatic heterocycles. The largest absolute Gasteiger partial charge is 0.460 e. The maximum absolute atomic E-state index is 14.5. The van der Waals surface area contributed by atoms with Crippen molar-refractivity contribution in [1.29, 1.82) is 0 Å². The number of Topliss-reactive ketones (excluding diaryl/α,β-unsaturated/α-hetero) is 3. The first kappa shape index (κ1) is 59.4. The summed E-state index contributed by atoms with van der Waals surface area (Å²) in [5.74, 6) is -7.22. The van der Waals surface area contributed by atoms with Gasteiger partial charge >= 0.3 is 5.97 Å². The topological polar surface area (TPSA) is 184 Å². The van der Waals surface area contributed by atoms with E-state index in [2.05, 4.69) is 13.0 Å². The van der Waals surface area contributed by atoms with Crippen LogP contribution >= 0.6 is 0 Å². The molecule has 0 aromatic rings. The van der Waals surface area contributed by atoms with Crippen molar-refractivity contribution in [2.75, 3.05) is 27.9 Å². The van der Waals surface area contributed by atoms with Crippen LogP contribution in [-0.4, -0.2) is 135 Å². The average Bonchev–Trinajstić information content (AvgIpc) is 3.32. The summed E-state index contributed by atoms with van der Waals surface area (Å²) in [6.07, 6.45) is 13.7. The average molecular weight is 1000 g/mol. The van der Waals surface area contributed by atoms with Crippen LogP contribution in [0.3, 0.4) is 0 Å². The number of ketones is 3. The SMILES string of the molecule is CO[C@H]1C[C@@H]2CC[C@@H](C)[C@@](O)(O2)C(=O)C(=O)N2CCCC[C@H]2C(=O)O[C@H]([C@H](C)C[C@@H]2CC[C@@H](O)[C@H](OC)C2)CC(=O)[C@H](C)/C=C(\C)[C@@H](O[Si](C)(C)C)[C@@H](OC)C(=O)[C@H](C)CC[C@H](C)/C=C/C=C/C=C/1C. The van der Waals surface area contributed by atoms with Crippen LogP contribution < -0.4 is 0 Å². The van der Waals surface area contributed by atoms with E-state index < -0.39 is 86.3 Å². The monoisotopic (exact) mass is 1000 g/mol. The minimum absolute atomic E-state index is 0.0666. The van der Waals surface area contributed by atoms with E-state index in [9.17, 15) is 34.2 Å². The summed E-state index contributed by atoms with van der Waals surface area (Å²) >= 11 is 0. The Morgan fingerprint density at radius 3 is 2.20 bits per heavy atom. The molecule has 15 atom stereocenters. The Morgan fingerprint density at radius 1 is 0.829 bits per heavy atom. The molecule has 0 aromatic carbocycles. The lowest BCUT2D eigenvalue weighted by Crippen LogP contribution is -2.61. The van der Waals surface area contributed by atoms with Gasteiger partial charge < -0.3 is 43.2 Å². The summed E-state index contributed by atoms with van der Waals surface area (Å²) in [6, 6.07) is -1.13. The first-order chi connectivity index (χ1) is 32.9. The molecule has 70 heavy (non-hydrogen) atoms. The van der Waals surface area contributed by atoms with Gasteiger partial charge in [0.1, 0.15) is 24.0 Å². The highest BCUT2D eigenvalue weighted by atomic mass is 28.4. The Morgan fingerprint density at radius 2 is 1.54 bits per heavy atom. The smallest absolute Gasteiger partial charge is 0.329 e. The minimum atomic E-state index is -2.42. The number of methoxy groups -OCH3 is 3. The molecule has 0 radical (unpaired) electrons. The molecule has 4 rings (SSSR count). The molecule has 2 N–H and O–H groups in total. The molecule has 14 nitrogen and oxygen atoms in total. The summed E-state index contributed by atoms with van der Waals surface area (Å²) in [5.41, 5.74) is 1.60. The van der Waals surface area contributed by atoms with E-state index in [1.54, 1.807) is 28.1 Å². The molecule has 1 aliphatic carbocycles. The van der Waals surface area contributed by atoms with Crippen LogP contribution in [0.5, 0.6) is 0 Å². The van der Waals surface area contributed by atoms with E-state index in [0.717, 1.165) is 18.4 Å². The van der Waals surface area contributed by atoms with Crippen molar-refractivity contribution in [1.82, 2.24) is 4.90 Å². The van der Waals surface area contributed by atoms with E-state index in [1.807, 2.05) is 77.7 Å². The van der Waals surface area contributed by atoms with Crippen molar-refractivity contribution in [2.24, 2.45) is 35.5 Å². The predicted molar refractivity (Wildman–Crippen MR) is 272 cm³/mol. The summed E-state index contributed by atoms with van der Waals surface area (Å²) < 4.78 is 36.7. The number of cyclic esters (lactones) is 1. The molecule has 1 saturated carbocycles. The number of nitrogens with zero attached hydrogens (tertiary/aromatic N) is 1. The molecule has 0 spiro atoms. The second kappa shape index (κ2) is 27.2. The highest BCUT2D eigenvalue weighted by Crippen LogP contribution is 2.38. The lowest BCUT2D eigenvalue weighted by molar-refractivity contribution is -0.265. The number of esters is 1. The molecule has 15 heteroatoms. The highest BCUT2D eigenvalue weighted by molar-refractivity contribution is 6.69. The van der Waals surface area contributed by atoms with E-state index in [-0.39, 0.29) is 60.7 Å². The Labute approximate surface area is 420 Å². The van der Waals surface area contributed by atoms with Crippen molar-refractivity contribution in [3.8, 4) is 0 Å². The standard InChI is InChI=1S/C55H89NO13Si/c1-34-19-15-14-16-20-35(2)46(64-8)32-42-26-24-40(7)55(63,68-42)52(60)53(61)56-28-18-17-21-43(56)54(62)67-47(38(5)30-41-25-27-44(57)48(31-41)65-9)33-45(58)37(4)29-39(6)50(69-70(11,12)13)51(66-10)49(59)36(3)23-22-34/h14-16,19-20,29,34,36-38,40-44,46-48,50-51,57,63H,17-18,21-28,30-33H2,1-13H3/b16-14+,19-15+,35-20+,39-29+/t34-,36-,37-,38-,40-,41+,42+,43+,44-,46+,47+,48-,50-,51+,55-/m1/s1. The lowest BCUT2D eigenvalue weighted by Gasteiger charge is -2.42. The van der Waals surface area contributed by atoms with Crippen molar-refractivity contribution in [3.05, 3.63) is 47.6 Å². The molecule has 1 amide bonds. The van der Waals surface area contributed by atoms with Gasteiger partial charge in [-0.3, -0.25) is 19.2 Å². The fraction of sp³-hybridized carbons (Fsp3) is 0.764. The number of rotatable bonds is 8. The number of amides is 1. The summed E-state index contributed by atoms with van der Waals surface area (Å²) in [7, 11) is 2.42. The van der Waals surface area contributed by atoms with Gasteiger partial charge in [0, 0.05) is 58.5 Å². The molecular formula is C55H89NO13Si. The Balaban J connectivity index is 1.75. The van der Waals surface area contributed by atoms with Crippen LogP contribution in [0.4, 0.5) is 0 Å². The van der Waals surface area contributed by atoms with Gasteiger partial charge in [-0.05, 0) is 133 Å². The number of aliphatic hydroxyl groups excluding tert-OH is 1. The number of allylic oxidation sites excluding steroid dienone is 6. The third-order valence-electron chi connectivity index (χ3n) is 15.3. The third-order valence-corrected chi connectivity index (χ3v) is 16.2. The van der Waals surface area contributed by atoms with Gasteiger partial charge in [-0.15, -0.1) is 0 Å². The van der Waals surface area contributed by atoms with Crippen LogP contribution in [0, 0.1) is 35.5 Å². The second-order valence-corrected chi connectivity index (χ2v) is 26.6. The van der Waals surface area contributed by atoms with Gasteiger partial charge in [-0.2, -0.15) is 0 Å². The van der Waals surface area contributed by atoms with Crippen molar-refractivity contribution < 1.29 is 62.3 Å². The zero-order chi connectivity index (χ0) is 52.1. The van der Waals surface area contributed by atoms with Crippen molar-refractivity contribution in [3.63, 3.8) is 0 Å². The fourth-order valence-corrected chi connectivity index (χ4v) is 11.7. The number of carbonyl (C=O) groups excluding carboxylic acids is 5. The molecule has 3 heterocycles. The molecule has 2 bridgehead atoms. The molecule has 3 fully saturated rings. The second-order valence-electron chi connectivity index (χ2n) is 22.1. The Hall–Kier alpha value is -3.15. The van der Waals surface area contributed by atoms with Gasteiger partial charge in [-0.1, -0.05) is 71.1 Å². The van der Waals surface area contributed by atoms with Gasteiger partial charge in [0.25, 0.3) is 11.7 Å². The van der Waals surface area contributed by atoms with Gasteiger partial charge in [0.15, 0.2) is 14.1 Å². The van der Waals surface area contributed by atoms with Crippen LogP contribution in [0.1, 0.15) is 132 Å². The zero-order valence-electron chi connectivity index (χ0n) is 44.8. The fourth-order valence-electron chi connectivity index (χ4n) is 10.6. The third kappa shape index (κ3) is 16.4. The number of carbonyl (C=O) groups is 5. The maximum Gasteiger partial charge on any atom is 0.329 e.